The number of nitrogens with zero attached hydrogens (tertiary/aromatic N) is 3. The molecule has 2 aromatic heterocycles. The van der Waals surface area contributed by atoms with Crippen LogP contribution < -0.4 is 22.1 Å². The maximum atomic E-state index is 14.7. The van der Waals surface area contributed by atoms with E-state index in [4.69, 9.17) is 11.5 Å². The van der Waals surface area contributed by atoms with E-state index in [0.29, 0.717) is 17.1 Å². The average Bonchev–Trinajstić information content (AvgIpc) is 3.53. The Bertz CT molecular complexity index is 1080. The molecule has 0 unspecified atom stereocenters. The van der Waals surface area contributed by atoms with Crippen LogP contribution >= 0.6 is 0 Å². The summed E-state index contributed by atoms with van der Waals surface area (Å²) in [7, 11) is 0. The maximum absolute atomic E-state index is 14.7. The van der Waals surface area contributed by atoms with Crippen LogP contribution in [0.2, 0.25) is 0 Å². The number of fused-ring (bicyclic) bond motifs is 1. The molecule has 9 heteroatoms. The van der Waals surface area contributed by atoms with Crippen molar-refractivity contribution in [2.24, 2.45) is 17.4 Å². The van der Waals surface area contributed by atoms with E-state index in [-0.39, 0.29) is 29.3 Å². The number of nitrogens with two attached hydrogens (primary N) is 2. The number of carbonyl (C=O) groups excluding carboxylic acids is 1. The lowest BCUT2D eigenvalue weighted by molar-refractivity contribution is 0.100. The number of hydrogen-bond donors (Lipinski definition) is 4. The highest BCUT2D eigenvalue weighted by Gasteiger charge is 2.28. The zero-order valence-electron chi connectivity index (χ0n) is 16.6. The van der Waals surface area contributed by atoms with Gasteiger partial charge in [-0.15, -0.1) is 0 Å². The molecule has 0 radical (unpaired) electrons. The third-order valence-electron chi connectivity index (χ3n) is 5.21. The van der Waals surface area contributed by atoms with Gasteiger partial charge in [0.05, 0.1) is 16.6 Å². The van der Waals surface area contributed by atoms with E-state index in [1.807, 2.05) is 6.92 Å². The molecule has 0 spiro atoms. The summed E-state index contributed by atoms with van der Waals surface area (Å²) in [6, 6.07) is 6.12. The summed E-state index contributed by atoms with van der Waals surface area (Å²) >= 11 is 0. The molecule has 8 nitrogen and oxygen atoms in total. The minimum absolute atomic E-state index is 0.0334. The first-order chi connectivity index (χ1) is 14.4. The van der Waals surface area contributed by atoms with Crippen molar-refractivity contribution >= 4 is 34.3 Å². The fourth-order valence-electron chi connectivity index (χ4n) is 3.34. The fraction of sp³-hybridized carbons (Fsp3) is 0.333. The number of amides is 1. The van der Waals surface area contributed by atoms with Crippen molar-refractivity contribution in [3.05, 3.63) is 48.0 Å². The molecule has 0 saturated heterocycles. The van der Waals surface area contributed by atoms with Gasteiger partial charge in [-0.1, -0.05) is 12.8 Å². The number of rotatable bonds is 8. The first-order valence-electron chi connectivity index (χ1n) is 9.91. The zero-order chi connectivity index (χ0) is 21.3. The largest absolute Gasteiger partial charge is 0.365 e. The van der Waals surface area contributed by atoms with Gasteiger partial charge >= 0.3 is 0 Å². The topological polar surface area (TPSA) is 132 Å². The molecule has 3 aromatic rings. The third kappa shape index (κ3) is 4.46. The van der Waals surface area contributed by atoms with Crippen molar-refractivity contribution in [3.8, 4) is 0 Å². The highest BCUT2D eigenvalue weighted by Crippen LogP contribution is 2.35. The van der Waals surface area contributed by atoms with Gasteiger partial charge in [-0.25, -0.2) is 9.37 Å². The molecule has 1 amide bonds. The smallest absolute Gasteiger partial charge is 0.252 e. The molecular formula is C21H24FN7O. The van der Waals surface area contributed by atoms with Gasteiger partial charge in [0, 0.05) is 30.2 Å². The van der Waals surface area contributed by atoms with E-state index in [1.165, 1.54) is 12.8 Å². The minimum Gasteiger partial charge on any atom is -0.365 e. The second kappa shape index (κ2) is 8.19. The number of carbonyl (C=O) groups is 1. The molecule has 1 saturated carbocycles. The molecule has 1 aliphatic rings. The molecular weight excluding hydrogens is 385 g/mol. The van der Waals surface area contributed by atoms with E-state index < -0.39 is 11.7 Å². The van der Waals surface area contributed by atoms with E-state index in [1.54, 1.807) is 30.6 Å². The average molecular weight is 409 g/mol. The number of anilines is 3. The van der Waals surface area contributed by atoms with Crippen LogP contribution in [0.3, 0.4) is 0 Å². The number of benzene rings is 1. The summed E-state index contributed by atoms with van der Waals surface area (Å²) in [6.45, 7) is 1.88. The van der Waals surface area contributed by atoms with Gasteiger partial charge in [0.15, 0.2) is 11.6 Å². The van der Waals surface area contributed by atoms with Crippen LogP contribution in [0.25, 0.3) is 11.0 Å². The summed E-state index contributed by atoms with van der Waals surface area (Å²) < 4.78 is 14.7. The Morgan fingerprint density at radius 2 is 1.93 bits per heavy atom. The quantitative estimate of drug-likeness (QED) is 0.450. The Morgan fingerprint density at radius 1 is 1.20 bits per heavy atom. The van der Waals surface area contributed by atoms with Gasteiger partial charge in [-0.3, -0.25) is 14.8 Å². The first kappa shape index (κ1) is 20.0. The molecule has 0 bridgehead atoms. The van der Waals surface area contributed by atoms with Crippen LogP contribution in [-0.4, -0.2) is 32.9 Å². The van der Waals surface area contributed by atoms with Gasteiger partial charge < -0.3 is 22.1 Å². The van der Waals surface area contributed by atoms with Crippen LogP contribution in [-0.2, 0) is 0 Å². The van der Waals surface area contributed by atoms with Gasteiger partial charge in [-0.05, 0) is 43.5 Å². The SMILES string of the molecule is C[C@H](N)[C@@H](CC1CC1)Nc1nc(Nc2ccc3nccnc3c2)c(C(N)=O)cc1F. The van der Waals surface area contributed by atoms with Crippen LogP contribution in [0.1, 0.15) is 36.5 Å². The molecule has 1 aliphatic carbocycles. The van der Waals surface area contributed by atoms with Crippen molar-refractivity contribution in [1.29, 1.82) is 0 Å². The van der Waals surface area contributed by atoms with Gasteiger partial charge in [0.2, 0.25) is 0 Å². The second-order valence-electron chi connectivity index (χ2n) is 7.75. The highest BCUT2D eigenvalue weighted by molar-refractivity contribution is 5.98. The summed E-state index contributed by atoms with van der Waals surface area (Å²) in [4.78, 5) is 24.7. The Morgan fingerprint density at radius 3 is 2.60 bits per heavy atom. The Balaban J connectivity index is 1.65. The predicted molar refractivity (Wildman–Crippen MR) is 114 cm³/mol. The molecule has 1 aromatic carbocycles. The normalized spacial score (nSPS) is 15.6. The lowest BCUT2D eigenvalue weighted by atomic mass is 10.0. The van der Waals surface area contributed by atoms with Gasteiger partial charge in [0.25, 0.3) is 5.91 Å². The molecule has 2 atom stereocenters. The van der Waals surface area contributed by atoms with Crippen molar-refractivity contribution in [1.82, 2.24) is 15.0 Å². The van der Waals surface area contributed by atoms with E-state index in [2.05, 4.69) is 25.6 Å². The van der Waals surface area contributed by atoms with Gasteiger partial charge in [0.1, 0.15) is 5.82 Å². The molecule has 0 aliphatic heterocycles. The molecule has 6 N–H and O–H groups in total. The molecule has 2 heterocycles. The summed E-state index contributed by atoms with van der Waals surface area (Å²) in [5, 5.41) is 6.17. The van der Waals surface area contributed by atoms with E-state index in [0.717, 1.165) is 18.0 Å². The summed E-state index contributed by atoms with van der Waals surface area (Å²) in [5.41, 5.74) is 13.5. The molecule has 156 valence electrons. The Hall–Kier alpha value is -3.33. The molecule has 1 fully saturated rings. The zero-order valence-corrected chi connectivity index (χ0v) is 16.6. The van der Waals surface area contributed by atoms with E-state index >= 15 is 0 Å². The summed E-state index contributed by atoms with van der Waals surface area (Å²) in [5.74, 6) is -0.633. The number of primary amides is 1. The number of pyridine rings is 1. The summed E-state index contributed by atoms with van der Waals surface area (Å²) in [6.07, 6.45) is 6.38. The van der Waals surface area contributed by atoms with Crippen LogP contribution in [0, 0.1) is 11.7 Å². The highest BCUT2D eigenvalue weighted by atomic mass is 19.1. The van der Waals surface area contributed by atoms with Crippen LogP contribution in [0.5, 0.6) is 0 Å². The van der Waals surface area contributed by atoms with Crippen LogP contribution in [0.4, 0.5) is 21.7 Å². The lowest BCUT2D eigenvalue weighted by Gasteiger charge is -2.24. The first-order valence-corrected chi connectivity index (χ1v) is 9.91. The molecule has 4 rings (SSSR count). The number of halogens is 1. The monoisotopic (exact) mass is 409 g/mol. The minimum atomic E-state index is -0.780. The van der Waals surface area contributed by atoms with Gasteiger partial charge in [-0.2, -0.15) is 0 Å². The Kier molecular flexibility index (Phi) is 5.45. The van der Waals surface area contributed by atoms with Crippen molar-refractivity contribution in [2.75, 3.05) is 10.6 Å². The number of nitrogens with one attached hydrogen (secondary N) is 2. The fourth-order valence-corrected chi connectivity index (χ4v) is 3.34. The van der Waals surface area contributed by atoms with Crippen molar-refractivity contribution in [2.45, 2.75) is 38.3 Å². The predicted octanol–water partition coefficient (Wildman–Crippen LogP) is 2.93. The standard InChI is InChI=1S/C21H24FN7O/c1-11(23)17(8-12-2-3-12)28-21-15(22)10-14(19(24)30)20(29-21)27-13-4-5-16-18(9-13)26-7-6-25-16/h4-7,9-12,17H,2-3,8,23H2,1H3,(H2,24,30)(H2,27,28,29)/t11-,17+/m0/s1. The number of aromatic nitrogens is 3. The molecule has 30 heavy (non-hydrogen) atoms. The third-order valence-corrected chi connectivity index (χ3v) is 5.21. The second-order valence-corrected chi connectivity index (χ2v) is 7.75. The van der Waals surface area contributed by atoms with Crippen LogP contribution in [0.15, 0.2) is 36.7 Å². The Labute approximate surface area is 173 Å². The van der Waals surface area contributed by atoms with Crippen molar-refractivity contribution in [3.63, 3.8) is 0 Å². The number of hydrogen-bond acceptors (Lipinski definition) is 7. The van der Waals surface area contributed by atoms with Crippen molar-refractivity contribution < 1.29 is 9.18 Å². The maximum Gasteiger partial charge on any atom is 0.252 e. The lowest BCUT2D eigenvalue weighted by Crippen LogP contribution is -2.39. The van der Waals surface area contributed by atoms with E-state index in [9.17, 15) is 9.18 Å².